The third-order valence-corrected chi connectivity index (χ3v) is 5.61. The molecule has 1 saturated heterocycles. The molecule has 2 heterocycles. The van der Waals surface area contributed by atoms with Gasteiger partial charge in [0, 0.05) is 24.7 Å². The molecule has 0 bridgehead atoms. The SMILES string of the molecule is CC(C)n1c(CN2CCC(O)(c3ccccc3F)CC2)nc2ccccc21. The molecule has 142 valence electrons. The number of likely N-dealkylation sites (tertiary alicyclic amines) is 1. The van der Waals surface area contributed by atoms with Crippen molar-refractivity contribution in [3.63, 3.8) is 0 Å². The molecule has 0 aliphatic carbocycles. The third kappa shape index (κ3) is 3.37. The lowest BCUT2D eigenvalue weighted by atomic mass is 9.84. The molecule has 0 radical (unpaired) electrons. The number of fused-ring (bicyclic) bond motifs is 1. The minimum absolute atomic E-state index is 0.324. The Hall–Kier alpha value is -2.24. The molecule has 0 saturated carbocycles. The van der Waals surface area contributed by atoms with E-state index in [1.54, 1.807) is 18.2 Å². The largest absolute Gasteiger partial charge is 0.385 e. The predicted molar refractivity (Wildman–Crippen MR) is 105 cm³/mol. The zero-order valence-electron chi connectivity index (χ0n) is 15.9. The summed E-state index contributed by atoms with van der Waals surface area (Å²) in [5, 5.41) is 11.0. The van der Waals surface area contributed by atoms with Gasteiger partial charge in [-0.05, 0) is 44.9 Å². The Balaban J connectivity index is 1.52. The van der Waals surface area contributed by atoms with E-state index in [0.29, 0.717) is 37.5 Å². The Bertz CT molecular complexity index is 942. The van der Waals surface area contributed by atoms with Crippen molar-refractivity contribution < 1.29 is 9.50 Å². The second-order valence-electron chi connectivity index (χ2n) is 7.77. The first-order chi connectivity index (χ1) is 13.0. The number of rotatable bonds is 4. The maximum Gasteiger partial charge on any atom is 0.129 e. The van der Waals surface area contributed by atoms with Gasteiger partial charge in [0.1, 0.15) is 11.6 Å². The summed E-state index contributed by atoms with van der Waals surface area (Å²) >= 11 is 0. The minimum atomic E-state index is -1.08. The number of aromatic nitrogens is 2. The van der Waals surface area contributed by atoms with Gasteiger partial charge in [-0.25, -0.2) is 9.37 Å². The fraction of sp³-hybridized carbons (Fsp3) is 0.409. The normalized spacial score (nSPS) is 17.7. The number of benzene rings is 2. The van der Waals surface area contributed by atoms with Gasteiger partial charge in [0.2, 0.25) is 0 Å². The van der Waals surface area contributed by atoms with Crippen LogP contribution in [0.25, 0.3) is 11.0 Å². The highest BCUT2D eigenvalue weighted by atomic mass is 19.1. The van der Waals surface area contributed by atoms with Gasteiger partial charge in [0.25, 0.3) is 0 Å². The second-order valence-corrected chi connectivity index (χ2v) is 7.77. The molecule has 2 aromatic carbocycles. The third-order valence-electron chi connectivity index (χ3n) is 5.61. The van der Waals surface area contributed by atoms with Crippen molar-refractivity contribution in [3.8, 4) is 0 Å². The van der Waals surface area contributed by atoms with Gasteiger partial charge in [0.15, 0.2) is 0 Å². The molecule has 1 aliphatic rings. The lowest BCUT2D eigenvalue weighted by Crippen LogP contribution is -2.43. The highest BCUT2D eigenvalue weighted by molar-refractivity contribution is 5.76. The fourth-order valence-electron chi connectivity index (χ4n) is 4.17. The van der Waals surface area contributed by atoms with Gasteiger partial charge in [-0.15, -0.1) is 0 Å². The first kappa shape index (κ1) is 18.1. The Morgan fingerprint density at radius 3 is 2.44 bits per heavy atom. The van der Waals surface area contributed by atoms with Gasteiger partial charge in [-0.3, -0.25) is 4.90 Å². The molecule has 4 rings (SSSR count). The molecule has 27 heavy (non-hydrogen) atoms. The van der Waals surface area contributed by atoms with E-state index in [4.69, 9.17) is 4.98 Å². The Kier molecular flexibility index (Phi) is 4.74. The zero-order valence-corrected chi connectivity index (χ0v) is 15.9. The number of para-hydroxylation sites is 2. The van der Waals surface area contributed by atoms with E-state index in [-0.39, 0.29) is 5.82 Å². The van der Waals surface area contributed by atoms with Gasteiger partial charge < -0.3 is 9.67 Å². The summed E-state index contributed by atoms with van der Waals surface area (Å²) in [6, 6.07) is 15.1. The maximum absolute atomic E-state index is 14.1. The summed E-state index contributed by atoms with van der Waals surface area (Å²) in [4.78, 5) is 7.14. The van der Waals surface area contributed by atoms with E-state index in [9.17, 15) is 9.50 Å². The molecule has 0 unspecified atom stereocenters. The van der Waals surface area contributed by atoms with Crippen LogP contribution < -0.4 is 0 Å². The summed E-state index contributed by atoms with van der Waals surface area (Å²) < 4.78 is 16.4. The molecular weight excluding hydrogens is 341 g/mol. The minimum Gasteiger partial charge on any atom is -0.385 e. The molecule has 0 spiro atoms. The summed E-state index contributed by atoms with van der Waals surface area (Å²) in [5.74, 6) is 0.720. The lowest BCUT2D eigenvalue weighted by Gasteiger charge is -2.38. The molecule has 1 fully saturated rings. The average molecular weight is 367 g/mol. The van der Waals surface area contributed by atoms with Crippen LogP contribution in [0.2, 0.25) is 0 Å². The van der Waals surface area contributed by atoms with Gasteiger partial charge >= 0.3 is 0 Å². The highest BCUT2D eigenvalue weighted by Gasteiger charge is 2.36. The van der Waals surface area contributed by atoms with Crippen LogP contribution in [0.5, 0.6) is 0 Å². The summed E-state index contributed by atoms with van der Waals surface area (Å²) in [6.45, 7) is 6.51. The van der Waals surface area contributed by atoms with Crippen molar-refractivity contribution in [3.05, 3.63) is 65.7 Å². The molecule has 4 nitrogen and oxygen atoms in total. The molecule has 5 heteroatoms. The van der Waals surface area contributed by atoms with Crippen LogP contribution >= 0.6 is 0 Å². The number of hydrogen-bond acceptors (Lipinski definition) is 3. The quantitative estimate of drug-likeness (QED) is 0.750. The lowest BCUT2D eigenvalue weighted by molar-refractivity contribution is -0.0309. The van der Waals surface area contributed by atoms with Crippen LogP contribution in [0.1, 0.15) is 44.1 Å². The van der Waals surface area contributed by atoms with Gasteiger partial charge in [-0.2, -0.15) is 0 Å². The van der Waals surface area contributed by atoms with Crippen molar-refractivity contribution in [2.24, 2.45) is 0 Å². The number of imidazole rings is 1. The van der Waals surface area contributed by atoms with Crippen molar-refractivity contribution >= 4 is 11.0 Å². The summed E-state index contributed by atoms with van der Waals surface area (Å²) in [6.07, 6.45) is 1.05. The second kappa shape index (κ2) is 7.06. The molecule has 1 aliphatic heterocycles. The molecular formula is C22H26FN3O. The number of aliphatic hydroxyl groups is 1. The van der Waals surface area contributed by atoms with E-state index in [1.807, 2.05) is 18.2 Å². The molecule has 3 aromatic rings. The predicted octanol–water partition coefficient (Wildman–Crippen LogP) is 4.24. The van der Waals surface area contributed by atoms with E-state index >= 15 is 0 Å². The topological polar surface area (TPSA) is 41.3 Å². The number of halogens is 1. The molecule has 1 aromatic heterocycles. The van der Waals surface area contributed by atoms with Crippen LogP contribution in [-0.4, -0.2) is 32.6 Å². The van der Waals surface area contributed by atoms with Crippen LogP contribution in [0.3, 0.4) is 0 Å². The van der Waals surface area contributed by atoms with E-state index in [2.05, 4.69) is 29.4 Å². The number of nitrogens with zero attached hydrogens (tertiary/aromatic N) is 3. The molecule has 1 N–H and O–H groups in total. The fourth-order valence-corrected chi connectivity index (χ4v) is 4.17. The Labute approximate surface area is 159 Å². The van der Waals surface area contributed by atoms with Crippen LogP contribution in [0.4, 0.5) is 4.39 Å². The molecule has 0 atom stereocenters. The Morgan fingerprint density at radius 1 is 1.07 bits per heavy atom. The summed E-state index contributed by atoms with van der Waals surface area (Å²) in [7, 11) is 0. The maximum atomic E-state index is 14.1. The van der Waals surface area contributed by atoms with Crippen LogP contribution in [0.15, 0.2) is 48.5 Å². The van der Waals surface area contributed by atoms with Gasteiger partial charge in [0.05, 0.1) is 23.2 Å². The smallest absolute Gasteiger partial charge is 0.129 e. The van der Waals surface area contributed by atoms with Crippen molar-refractivity contribution in [1.82, 2.24) is 14.5 Å². The first-order valence-corrected chi connectivity index (χ1v) is 9.63. The van der Waals surface area contributed by atoms with Crippen molar-refractivity contribution in [2.75, 3.05) is 13.1 Å². The Morgan fingerprint density at radius 2 is 1.74 bits per heavy atom. The van der Waals surface area contributed by atoms with E-state index in [0.717, 1.165) is 23.4 Å². The standard InChI is InChI=1S/C22H26FN3O/c1-16(2)26-20-10-6-5-9-19(20)24-21(26)15-25-13-11-22(27,12-14-25)17-7-3-4-8-18(17)23/h3-10,16,27H,11-15H2,1-2H3. The van der Waals surface area contributed by atoms with Crippen molar-refractivity contribution in [1.29, 1.82) is 0 Å². The number of hydrogen-bond donors (Lipinski definition) is 1. The molecule has 0 amide bonds. The van der Waals surface area contributed by atoms with E-state index < -0.39 is 5.60 Å². The summed E-state index contributed by atoms with van der Waals surface area (Å²) in [5.41, 5.74) is 1.50. The van der Waals surface area contributed by atoms with Gasteiger partial charge in [-0.1, -0.05) is 30.3 Å². The zero-order chi connectivity index (χ0) is 19.0. The van der Waals surface area contributed by atoms with Crippen LogP contribution in [-0.2, 0) is 12.1 Å². The number of piperidine rings is 1. The van der Waals surface area contributed by atoms with Crippen molar-refractivity contribution in [2.45, 2.75) is 44.9 Å². The monoisotopic (exact) mass is 367 g/mol. The highest BCUT2D eigenvalue weighted by Crippen LogP contribution is 2.35. The van der Waals surface area contributed by atoms with E-state index in [1.165, 1.54) is 6.07 Å². The van der Waals surface area contributed by atoms with Crippen LogP contribution in [0, 0.1) is 5.82 Å². The average Bonchev–Trinajstić information content (AvgIpc) is 3.02. The first-order valence-electron chi connectivity index (χ1n) is 9.63.